The van der Waals surface area contributed by atoms with Crippen molar-refractivity contribution in [1.29, 1.82) is 0 Å². The number of fused-ring (bicyclic) bond motifs is 1. The van der Waals surface area contributed by atoms with Gasteiger partial charge >= 0.3 is 6.09 Å². The maximum Gasteiger partial charge on any atom is 0.411 e. The normalized spacial score (nSPS) is 30.7. The number of hydrogen-bond acceptors (Lipinski definition) is 3. The highest BCUT2D eigenvalue weighted by molar-refractivity contribution is 5.71. The van der Waals surface area contributed by atoms with Crippen molar-refractivity contribution in [2.24, 2.45) is 0 Å². The van der Waals surface area contributed by atoms with Gasteiger partial charge in [-0.25, -0.2) is 9.18 Å². The quantitative estimate of drug-likeness (QED) is 0.898. The summed E-state index contributed by atoms with van der Waals surface area (Å²) in [6.07, 6.45) is 3.23. The number of nitrogens with one attached hydrogen (secondary N) is 1. The van der Waals surface area contributed by atoms with E-state index in [1.165, 1.54) is 17.7 Å². The lowest BCUT2D eigenvalue weighted by atomic mass is 9.46. The second kappa shape index (κ2) is 5.80. The van der Waals surface area contributed by atoms with Gasteiger partial charge in [0.1, 0.15) is 11.4 Å². The van der Waals surface area contributed by atoms with Crippen LogP contribution in [0.2, 0.25) is 0 Å². The van der Waals surface area contributed by atoms with Gasteiger partial charge in [-0.15, -0.1) is 0 Å². The van der Waals surface area contributed by atoms with Crippen LogP contribution in [-0.2, 0) is 11.2 Å². The van der Waals surface area contributed by atoms with Crippen molar-refractivity contribution in [3.05, 3.63) is 71.0 Å². The van der Waals surface area contributed by atoms with Crippen molar-refractivity contribution in [3.8, 4) is 0 Å². The highest BCUT2D eigenvalue weighted by atomic mass is 19.1. The first-order valence-electron chi connectivity index (χ1n) is 9.55. The molecule has 3 saturated carbocycles. The number of rotatable bonds is 3. The topological polar surface area (TPSA) is 41.6 Å². The number of carbonyl (C=O) groups is 1. The Morgan fingerprint density at radius 1 is 1.15 bits per heavy atom. The Morgan fingerprint density at radius 3 is 2.56 bits per heavy atom. The molecule has 2 bridgehead atoms. The first-order chi connectivity index (χ1) is 13.0. The summed E-state index contributed by atoms with van der Waals surface area (Å²) in [7, 11) is 1.97. The zero-order chi connectivity index (χ0) is 18.6. The van der Waals surface area contributed by atoms with E-state index in [0.717, 1.165) is 36.8 Å². The smallest absolute Gasteiger partial charge is 0.411 e. The summed E-state index contributed by atoms with van der Waals surface area (Å²) in [4.78, 5) is 14.9. The van der Waals surface area contributed by atoms with Gasteiger partial charge in [-0.3, -0.25) is 4.90 Å². The molecular formula is C22H23FN2O2. The molecule has 3 aliphatic carbocycles. The van der Waals surface area contributed by atoms with Crippen molar-refractivity contribution in [3.63, 3.8) is 0 Å². The number of ether oxygens (including phenoxy) is 1. The van der Waals surface area contributed by atoms with Gasteiger partial charge < -0.3 is 10.1 Å². The van der Waals surface area contributed by atoms with Gasteiger partial charge in [0.15, 0.2) is 0 Å². The van der Waals surface area contributed by atoms with E-state index in [-0.39, 0.29) is 29.1 Å². The molecule has 0 spiro atoms. The van der Waals surface area contributed by atoms with Gasteiger partial charge in [-0.2, -0.15) is 0 Å². The molecule has 1 aliphatic heterocycles. The van der Waals surface area contributed by atoms with E-state index in [4.69, 9.17) is 4.74 Å². The third kappa shape index (κ3) is 2.56. The fourth-order valence-electron chi connectivity index (χ4n) is 5.08. The zero-order valence-corrected chi connectivity index (χ0v) is 15.4. The van der Waals surface area contributed by atoms with Gasteiger partial charge in [0.2, 0.25) is 0 Å². The lowest BCUT2D eigenvalue weighted by molar-refractivity contribution is -0.222. The number of amides is 1. The average Bonchev–Trinajstić information content (AvgIpc) is 2.63. The van der Waals surface area contributed by atoms with Crippen molar-refractivity contribution in [2.75, 3.05) is 13.6 Å². The van der Waals surface area contributed by atoms with Crippen LogP contribution in [0.15, 0.2) is 48.5 Å². The van der Waals surface area contributed by atoms with Crippen molar-refractivity contribution < 1.29 is 13.9 Å². The van der Waals surface area contributed by atoms with Gasteiger partial charge in [0, 0.05) is 31.3 Å². The van der Waals surface area contributed by atoms with E-state index in [1.807, 2.05) is 24.1 Å². The van der Waals surface area contributed by atoms with Crippen LogP contribution in [0.25, 0.3) is 0 Å². The van der Waals surface area contributed by atoms with E-state index in [0.29, 0.717) is 6.54 Å². The van der Waals surface area contributed by atoms with Crippen LogP contribution in [-0.4, -0.2) is 35.7 Å². The van der Waals surface area contributed by atoms with Crippen LogP contribution in [0.4, 0.5) is 9.18 Å². The standard InChI is InChI=1S/C22H23FN2O2/c1-24-21-12-22(13-21,14-21)27-20(26)25-11-10-15-4-2-3-5-18(15)19(25)16-6-8-17(23)9-7-16/h2-9,19,24H,10-14H2,1H3/t19-,21?,22?/m0/s1. The molecular weight excluding hydrogens is 343 g/mol. The molecule has 1 atom stereocenters. The Hall–Kier alpha value is -2.40. The molecule has 1 N–H and O–H groups in total. The third-order valence-electron chi connectivity index (χ3n) is 6.52. The lowest BCUT2D eigenvalue weighted by Gasteiger charge is -2.68. The monoisotopic (exact) mass is 366 g/mol. The fraction of sp³-hybridized carbons (Fsp3) is 0.409. The lowest BCUT2D eigenvalue weighted by Crippen LogP contribution is -2.78. The predicted octanol–water partition coefficient (Wildman–Crippen LogP) is 3.80. The molecule has 0 unspecified atom stereocenters. The number of hydrogen-bond donors (Lipinski definition) is 1. The Bertz CT molecular complexity index is 876. The van der Waals surface area contributed by atoms with Crippen molar-refractivity contribution in [1.82, 2.24) is 10.2 Å². The van der Waals surface area contributed by atoms with Gasteiger partial charge in [-0.1, -0.05) is 36.4 Å². The Labute approximate surface area is 158 Å². The van der Waals surface area contributed by atoms with Crippen molar-refractivity contribution in [2.45, 2.75) is 42.9 Å². The molecule has 0 radical (unpaired) electrons. The number of nitrogens with zero attached hydrogens (tertiary/aromatic N) is 1. The third-order valence-corrected chi connectivity index (χ3v) is 6.52. The number of halogens is 1. The summed E-state index contributed by atoms with van der Waals surface area (Å²) in [5, 5.41) is 3.33. The maximum atomic E-state index is 13.4. The largest absolute Gasteiger partial charge is 0.443 e. The summed E-state index contributed by atoms with van der Waals surface area (Å²) in [6, 6.07) is 14.4. The molecule has 0 aromatic heterocycles. The number of benzene rings is 2. The van der Waals surface area contributed by atoms with E-state index in [9.17, 15) is 9.18 Å². The van der Waals surface area contributed by atoms with Gasteiger partial charge in [0.05, 0.1) is 6.04 Å². The molecule has 1 heterocycles. The van der Waals surface area contributed by atoms with E-state index in [2.05, 4.69) is 17.4 Å². The van der Waals surface area contributed by atoms with E-state index in [1.54, 1.807) is 12.1 Å². The second-order valence-electron chi connectivity index (χ2n) is 8.21. The van der Waals surface area contributed by atoms with Gasteiger partial charge in [0.25, 0.3) is 0 Å². The summed E-state index contributed by atoms with van der Waals surface area (Å²) in [6.45, 7) is 0.602. The minimum Gasteiger partial charge on any atom is -0.443 e. The maximum absolute atomic E-state index is 13.4. The summed E-state index contributed by atoms with van der Waals surface area (Å²) < 4.78 is 19.4. The molecule has 4 aliphatic rings. The van der Waals surface area contributed by atoms with Crippen LogP contribution >= 0.6 is 0 Å². The minimum absolute atomic E-state index is 0.186. The average molecular weight is 366 g/mol. The van der Waals surface area contributed by atoms with Crippen LogP contribution in [0.1, 0.15) is 42.0 Å². The molecule has 1 amide bonds. The van der Waals surface area contributed by atoms with E-state index < -0.39 is 0 Å². The molecule has 2 aromatic carbocycles. The molecule has 4 nitrogen and oxygen atoms in total. The fourth-order valence-corrected chi connectivity index (χ4v) is 5.08. The molecule has 3 fully saturated rings. The highest BCUT2D eigenvalue weighted by Crippen LogP contribution is 2.62. The van der Waals surface area contributed by atoms with Crippen LogP contribution in [0.5, 0.6) is 0 Å². The van der Waals surface area contributed by atoms with Crippen molar-refractivity contribution >= 4 is 6.09 Å². The molecule has 0 saturated heterocycles. The summed E-state index contributed by atoms with van der Waals surface area (Å²) in [5.74, 6) is -0.275. The Balaban J connectivity index is 1.44. The van der Waals surface area contributed by atoms with Crippen LogP contribution in [0, 0.1) is 5.82 Å². The first kappa shape index (κ1) is 16.8. The first-order valence-corrected chi connectivity index (χ1v) is 9.55. The Kier molecular flexibility index (Phi) is 3.60. The highest BCUT2D eigenvalue weighted by Gasteiger charge is 2.70. The number of carbonyl (C=O) groups excluding carboxylic acids is 1. The Morgan fingerprint density at radius 2 is 1.85 bits per heavy atom. The van der Waals surface area contributed by atoms with Crippen LogP contribution < -0.4 is 5.32 Å². The van der Waals surface area contributed by atoms with Gasteiger partial charge in [-0.05, 0) is 42.3 Å². The summed E-state index contributed by atoms with van der Waals surface area (Å²) in [5.41, 5.74) is 3.13. The SMILES string of the molecule is CNC12CC(OC(=O)N3CCc4ccccc4[C@@H]3c3ccc(F)cc3)(C1)C2. The molecule has 140 valence electrons. The van der Waals surface area contributed by atoms with E-state index >= 15 is 0 Å². The summed E-state index contributed by atoms with van der Waals surface area (Å²) >= 11 is 0. The molecule has 2 aromatic rings. The molecule has 27 heavy (non-hydrogen) atoms. The molecule has 6 rings (SSSR count). The molecule has 5 heteroatoms. The second-order valence-corrected chi connectivity index (χ2v) is 8.21. The zero-order valence-electron chi connectivity index (χ0n) is 15.4. The minimum atomic E-state index is -0.287. The predicted molar refractivity (Wildman–Crippen MR) is 99.9 cm³/mol. The van der Waals surface area contributed by atoms with Crippen LogP contribution in [0.3, 0.4) is 0 Å².